The van der Waals surface area contributed by atoms with Crippen molar-refractivity contribution in [3.8, 4) is 0 Å². The van der Waals surface area contributed by atoms with Crippen LogP contribution in [0, 0.1) is 6.92 Å². The third-order valence-corrected chi connectivity index (χ3v) is 2.53. The molecule has 0 radical (unpaired) electrons. The molecule has 0 saturated heterocycles. The summed E-state index contributed by atoms with van der Waals surface area (Å²) in [6.45, 7) is 1.94. The smallest absolute Gasteiger partial charge is 0.269 e. The van der Waals surface area contributed by atoms with E-state index in [1.54, 1.807) is 18.2 Å². The molecule has 92 valence electrons. The van der Waals surface area contributed by atoms with E-state index in [1.807, 2.05) is 6.92 Å². The molecule has 1 aromatic carbocycles. The normalized spacial score (nSPS) is 10.1. The van der Waals surface area contributed by atoms with Crippen molar-refractivity contribution in [1.82, 2.24) is 5.01 Å². The largest absolute Gasteiger partial charge is 0.370 e. The van der Waals surface area contributed by atoms with Crippen LogP contribution >= 0.6 is 11.6 Å². The van der Waals surface area contributed by atoms with Gasteiger partial charge in [-0.1, -0.05) is 17.7 Å². The average molecular weight is 256 g/mol. The number of carbonyl (C=O) groups excluding carboxylic acids is 2. The molecule has 17 heavy (non-hydrogen) atoms. The first-order chi connectivity index (χ1) is 7.91. The van der Waals surface area contributed by atoms with Crippen molar-refractivity contribution < 1.29 is 9.59 Å². The number of primary amides is 1. The maximum atomic E-state index is 11.9. The Hall–Kier alpha value is -1.59. The van der Waals surface area contributed by atoms with Crippen molar-refractivity contribution >= 4 is 23.4 Å². The zero-order valence-corrected chi connectivity index (χ0v) is 10.2. The number of hydrazine groups is 1. The number of amides is 2. The summed E-state index contributed by atoms with van der Waals surface area (Å²) in [4.78, 5) is 22.4. The molecule has 0 fully saturated rings. The number of nitrogens with zero attached hydrogens (tertiary/aromatic N) is 1. The molecule has 0 aliphatic heterocycles. The molecule has 0 unspecified atom stereocenters. The standard InChI is InChI=1S/C11H14ClN3O2/c1-7-2-3-8(9(12)6-7)11(17)15(14)5-4-10(13)16/h2-3,6H,4-5,14H2,1H3,(H2,13,16). The van der Waals surface area contributed by atoms with E-state index in [-0.39, 0.29) is 13.0 Å². The third kappa shape index (κ3) is 3.72. The van der Waals surface area contributed by atoms with E-state index >= 15 is 0 Å². The molecule has 0 aliphatic carbocycles. The molecule has 5 nitrogen and oxygen atoms in total. The number of halogens is 1. The van der Waals surface area contributed by atoms with E-state index in [1.165, 1.54) is 0 Å². The summed E-state index contributed by atoms with van der Waals surface area (Å²) in [5, 5.41) is 1.27. The van der Waals surface area contributed by atoms with Gasteiger partial charge in [0.25, 0.3) is 5.91 Å². The number of carbonyl (C=O) groups is 2. The Balaban J connectivity index is 2.78. The SMILES string of the molecule is Cc1ccc(C(=O)N(N)CCC(N)=O)c(Cl)c1. The second-order valence-corrected chi connectivity index (χ2v) is 4.11. The summed E-state index contributed by atoms with van der Waals surface area (Å²) >= 11 is 5.94. The van der Waals surface area contributed by atoms with Gasteiger partial charge in [0, 0.05) is 13.0 Å². The summed E-state index contributed by atoms with van der Waals surface area (Å²) in [5.74, 6) is 4.58. The highest BCUT2D eigenvalue weighted by Crippen LogP contribution is 2.18. The Morgan fingerprint density at radius 3 is 2.59 bits per heavy atom. The molecule has 0 atom stereocenters. The van der Waals surface area contributed by atoms with Crippen molar-refractivity contribution in [3.05, 3.63) is 34.3 Å². The first-order valence-corrected chi connectivity index (χ1v) is 5.40. The quantitative estimate of drug-likeness (QED) is 0.475. The van der Waals surface area contributed by atoms with E-state index in [0.717, 1.165) is 10.6 Å². The van der Waals surface area contributed by atoms with Crippen molar-refractivity contribution in [2.45, 2.75) is 13.3 Å². The lowest BCUT2D eigenvalue weighted by atomic mass is 10.1. The number of aryl methyl sites for hydroxylation is 1. The average Bonchev–Trinajstić information content (AvgIpc) is 2.25. The van der Waals surface area contributed by atoms with Crippen LogP contribution in [0.5, 0.6) is 0 Å². The Morgan fingerprint density at radius 1 is 1.41 bits per heavy atom. The molecular formula is C11H14ClN3O2. The molecule has 1 aromatic rings. The molecule has 6 heteroatoms. The summed E-state index contributed by atoms with van der Waals surface area (Å²) in [7, 11) is 0. The Labute approximate surface area is 104 Å². The van der Waals surface area contributed by atoms with Crippen molar-refractivity contribution in [1.29, 1.82) is 0 Å². The van der Waals surface area contributed by atoms with Crippen molar-refractivity contribution in [2.75, 3.05) is 6.54 Å². The van der Waals surface area contributed by atoms with Gasteiger partial charge < -0.3 is 5.73 Å². The fourth-order valence-corrected chi connectivity index (χ4v) is 1.60. The minimum Gasteiger partial charge on any atom is -0.370 e. The predicted octanol–water partition coefficient (Wildman–Crippen LogP) is 0.840. The van der Waals surface area contributed by atoms with Gasteiger partial charge in [0.15, 0.2) is 0 Å². The number of benzene rings is 1. The van der Waals surface area contributed by atoms with Crippen molar-refractivity contribution in [3.63, 3.8) is 0 Å². The van der Waals surface area contributed by atoms with Crippen LogP contribution in [-0.2, 0) is 4.79 Å². The summed E-state index contributed by atoms with van der Waals surface area (Å²) in [6, 6.07) is 5.04. The van der Waals surface area contributed by atoms with E-state index in [9.17, 15) is 9.59 Å². The second kappa shape index (κ2) is 5.65. The number of nitrogens with two attached hydrogens (primary N) is 2. The number of hydrogen-bond donors (Lipinski definition) is 2. The van der Waals surface area contributed by atoms with Gasteiger partial charge in [-0.3, -0.25) is 14.6 Å². The lowest BCUT2D eigenvalue weighted by Gasteiger charge is -2.16. The van der Waals surface area contributed by atoms with E-state index in [0.29, 0.717) is 10.6 Å². The van der Waals surface area contributed by atoms with Crippen molar-refractivity contribution in [2.24, 2.45) is 11.6 Å². The van der Waals surface area contributed by atoms with Crippen LogP contribution in [0.3, 0.4) is 0 Å². The summed E-state index contributed by atoms with van der Waals surface area (Å²) in [5.41, 5.74) is 6.23. The molecular weight excluding hydrogens is 242 g/mol. The molecule has 0 spiro atoms. The summed E-state index contributed by atoms with van der Waals surface area (Å²) < 4.78 is 0. The minimum atomic E-state index is -0.511. The molecule has 2 amide bonds. The Kier molecular flexibility index (Phi) is 4.48. The van der Waals surface area contributed by atoms with Crippen LogP contribution in [0.2, 0.25) is 5.02 Å². The van der Waals surface area contributed by atoms with Gasteiger partial charge in [-0.05, 0) is 24.6 Å². The second-order valence-electron chi connectivity index (χ2n) is 3.70. The third-order valence-electron chi connectivity index (χ3n) is 2.21. The fraction of sp³-hybridized carbons (Fsp3) is 0.273. The van der Waals surface area contributed by atoms with E-state index in [2.05, 4.69) is 0 Å². The maximum Gasteiger partial charge on any atom is 0.269 e. The highest BCUT2D eigenvalue weighted by molar-refractivity contribution is 6.33. The molecule has 0 aliphatic rings. The first-order valence-electron chi connectivity index (χ1n) is 5.03. The molecule has 0 saturated carbocycles. The van der Waals surface area contributed by atoms with Crippen LogP contribution < -0.4 is 11.6 Å². The molecule has 0 aromatic heterocycles. The fourth-order valence-electron chi connectivity index (χ4n) is 1.28. The topological polar surface area (TPSA) is 89.4 Å². The Bertz CT molecular complexity index is 448. The van der Waals surface area contributed by atoms with E-state index in [4.69, 9.17) is 23.2 Å². The minimum absolute atomic E-state index is 0.0196. The highest BCUT2D eigenvalue weighted by atomic mass is 35.5. The Morgan fingerprint density at radius 2 is 2.06 bits per heavy atom. The first kappa shape index (κ1) is 13.5. The van der Waals surface area contributed by atoms with Crippen LogP contribution in [-0.4, -0.2) is 23.4 Å². The van der Waals surface area contributed by atoms with Crippen LogP contribution in [0.1, 0.15) is 22.3 Å². The molecule has 0 heterocycles. The van der Waals surface area contributed by atoms with Gasteiger partial charge >= 0.3 is 0 Å². The lowest BCUT2D eigenvalue weighted by Crippen LogP contribution is -2.39. The monoisotopic (exact) mass is 255 g/mol. The highest BCUT2D eigenvalue weighted by Gasteiger charge is 2.15. The van der Waals surface area contributed by atoms with Gasteiger partial charge in [0.05, 0.1) is 10.6 Å². The van der Waals surface area contributed by atoms with Crippen LogP contribution in [0.25, 0.3) is 0 Å². The zero-order chi connectivity index (χ0) is 13.0. The lowest BCUT2D eigenvalue weighted by molar-refractivity contribution is -0.118. The van der Waals surface area contributed by atoms with Gasteiger partial charge in [-0.15, -0.1) is 0 Å². The maximum absolute atomic E-state index is 11.9. The predicted molar refractivity (Wildman–Crippen MR) is 65.2 cm³/mol. The van der Waals surface area contributed by atoms with E-state index < -0.39 is 11.8 Å². The van der Waals surface area contributed by atoms with Gasteiger partial charge in [-0.25, -0.2) is 5.84 Å². The van der Waals surface area contributed by atoms with Gasteiger partial charge in [-0.2, -0.15) is 0 Å². The molecule has 0 bridgehead atoms. The molecule has 4 N–H and O–H groups in total. The van der Waals surface area contributed by atoms with Gasteiger partial charge in [0.2, 0.25) is 5.91 Å². The summed E-state index contributed by atoms with van der Waals surface area (Å²) in [6.07, 6.45) is 0.0196. The zero-order valence-electron chi connectivity index (χ0n) is 9.44. The van der Waals surface area contributed by atoms with Gasteiger partial charge in [0.1, 0.15) is 0 Å². The number of rotatable bonds is 4. The van der Waals surface area contributed by atoms with Crippen LogP contribution in [0.15, 0.2) is 18.2 Å². The van der Waals surface area contributed by atoms with Crippen LogP contribution in [0.4, 0.5) is 0 Å². The molecule has 1 rings (SSSR count). The number of hydrogen-bond acceptors (Lipinski definition) is 3.